The van der Waals surface area contributed by atoms with Gasteiger partial charge in [-0.05, 0) is 22.8 Å². The van der Waals surface area contributed by atoms with Crippen molar-refractivity contribution in [2.24, 2.45) is 0 Å². The molecular weight excluding hydrogens is 244 g/mol. The number of benzene rings is 2. The highest BCUT2D eigenvalue weighted by Gasteiger charge is 2.27. The summed E-state index contributed by atoms with van der Waals surface area (Å²) in [5, 5.41) is 0.743. The molecule has 0 saturated heterocycles. The van der Waals surface area contributed by atoms with Crippen LogP contribution in [0.15, 0.2) is 48.5 Å². The molecular formula is C16H13ClO. The highest BCUT2D eigenvalue weighted by Crippen LogP contribution is 2.37. The molecule has 2 heteroatoms. The summed E-state index contributed by atoms with van der Waals surface area (Å²) in [6.45, 7) is 0. The number of fused-ring (bicyclic) bond motifs is 1. The lowest BCUT2D eigenvalue weighted by Gasteiger charge is -2.25. The van der Waals surface area contributed by atoms with Gasteiger partial charge in [0.05, 0.1) is 0 Å². The number of hydrogen-bond donors (Lipinski definition) is 0. The topological polar surface area (TPSA) is 17.1 Å². The summed E-state index contributed by atoms with van der Waals surface area (Å²) < 4.78 is 0. The van der Waals surface area contributed by atoms with E-state index in [4.69, 9.17) is 11.6 Å². The highest BCUT2D eigenvalue weighted by molar-refractivity contribution is 6.31. The van der Waals surface area contributed by atoms with E-state index in [2.05, 4.69) is 6.07 Å². The molecule has 0 spiro atoms. The molecule has 1 atom stereocenters. The van der Waals surface area contributed by atoms with Crippen molar-refractivity contribution in [3.8, 4) is 0 Å². The summed E-state index contributed by atoms with van der Waals surface area (Å²) in [5.74, 6) is 0.398. The second-order valence-corrected chi connectivity index (χ2v) is 5.10. The Balaban J connectivity index is 2.13. The number of carbonyl (C=O) groups excluding carboxylic acids is 1. The van der Waals surface area contributed by atoms with Gasteiger partial charge in [0.25, 0.3) is 0 Å². The first-order chi connectivity index (χ1) is 8.75. The van der Waals surface area contributed by atoms with Gasteiger partial charge in [-0.25, -0.2) is 0 Å². The van der Waals surface area contributed by atoms with Crippen molar-refractivity contribution in [3.05, 3.63) is 70.2 Å². The fraction of sp³-hybridized carbons (Fsp3) is 0.188. The first kappa shape index (κ1) is 11.5. The molecule has 1 aliphatic carbocycles. The number of Topliss-reactive ketones (excluding diaryl/α,β-unsaturated/α-hetero) is 1. The Morgan fingerprint density at radius 2 is 1.61 bits per heavy atom. The van der Waals surface area contributed by atoms with Crippen molar-refractivity contribution in [1.29, 1.82) is 0 Å². The van der Waals surface area contributed by atoms with E-state index in [9.17, 15) is 4.79 Å². The summed E-state index contributed by atoms with van der Waals surface area (Å²) in [5.41, 5.74) is 3.43. The lowest BCUT2D eigenvalue weighted by Crippen LogP contribution is -2.19. The van der Waals surface area contributed by atoms with Gasteiger partial charge in [0.2, 0.25) is 0 Å². The zero-order chi connectivity index (χ0) is 12.5. The molecule has 0 unspecified atom stereocenters. The van der Waals surface area contributed by atoms with E-state index in [-0.39, 0.29) is 5.92 Å². The standard InChI is InChI=1S/C16H13ClO/c17-16-8-4-3-7-14(16)15-10-12(18)9-11-5-1-2-6-13(11)15/h1-8,15H,9-10H2/t15-/m1/s1. The maximum absolute atomic E-state index is 11.9. The molecule has 2 aromatic rings. The first-order valence-corrected chi connectivity index (χ1v) is 6.47. The Morgan fingerprint density at radius 3 is 2.39 bits per heavy atom. The van der Waals surface area contributed by atoms with Crippen molar-refractivity contribution >= 4 is 17.4 Å². The number of halogens is 1. The van der Waals surface area contributed by atoms with Crippen molar-refractivity contribution in [2.75, 3.05) is 0 Å². The van der Waals surface area contributed by atoms with Crippen molar-refractivity contribution in [2.45, 2.75) is 18.8 Å². The number of hydrogen-bond acceptors (Lipinski definition) is 1. The minimum Gasteiger partial charge on any atom is -0.299 e. The van der Waals surface area contributed by atoms with Crippen LogP contribution in [0.5, 0.6) is 0 Å². The quantitative estimate of drug-likeness (QED) is 0.754. The van der Waals surface area contributed by atoms with Gasteiger partial charge in [-0.2, -0.15) is 0 Å². The Labute approximate surface area is 111 Å². The van der Waals surface area contributed by atoms with Crippen LogP contribution >= 0.6 is 11.6 Å². The van der Waals surface area contributed by atoms with E-state index in [1.165, 1.54) is 5.56 Å². The smallest absolute Gasteiger partial charge is 0.138 e. The summed E-state index contributed by atoms with van der Waals surface area (Å²) in [6.07, 6.45) is 1.11. The summed E-state index contributed by atoms with van der Waals surface area (Å²) in [4.78, 5) is 11.9. The number of rotatable bonds is 1. The third-order valence-electron chi connectivity index (χ3n) is 3.53. The van der Waals surface area contributed by atoms with Gasteiger partial charge in [0, 0.05) is 23.8 Å². The van der Waals surface area contributed by atoms with Crippen molar-refractivity contribution in [3.63, 3.8) is 0 Å². The Bertz CT molecular complexity index is 604. The fourth-order valence-corrected chi connectivity index (χ4v) is 2.96. The Kier molecular flexibility index (Phi) is 2.92. The molecule has 3 rings (SSSR count). The van der Waals surface area contributed by atoms with Crippen molar-refractivity contribution < 1.29 is 4.79 Å². The lowest BCUT2D eigenvalue weighted by molar-refractivity contribution is -0.119. The predicted octanol–water partition coefficient (Wildman–Crippen LogP) is 3.99. The average molecular weight is 257 g/mol. The SMILES string of the molecule is O=C1Cc2ccccc2[C@H](c2ccccc2Cl)C1. The van der Waals surface area contributed by atoms with Gasteiger partial charge in [0.15, 0.2) is 0 Å². The molecule has 0 aromatic heterocycles. The predicted molar refractivity (Wildman–Crippen MR) is 73.1 cm³/mol. The Hall–Kier alpha value is -1.60. The largest absolute Gasteiger partial charge is 0.299 e. The maximum Gasteiger partial charge on any atom is 0.138 e. The first-order valence-electron chi connectivity index (χ1n) is 6.09. The molecule has 0 aliphatic heterocycles. The molecule has 1 nitrogen and oxygen atoms in total. The molecule has 0 heterocycles. The van der Waals surface area contributed by atoms with Gasteiger partial charge >= 0.3 is 0 Å². The van der Waals surface area contributed by atoms with E-state index in [1.807, 2.05) is 42.5 Å². The number of carbonyl (C=O) groups is 1. The summed E-state index contributed by atoms with van der Waals surface area (Å²) in [6, 6.07) is 16.0. The highest BCUT2D eigenvalue weighted by atomic mass is 35.5. The molecule has 0 fully saturated rings. The third kappa shape index (κ3) is 1.95. The molecule has 90 valence electrons. The zero-order valence-electron chi connectivity index (χ0n) is 9.90. The van der Waals surface area contributed by atoms with Crippen LogP contribution in [0.25, 0.3) is 0 Å². The van der Waals surface area contributed by atoms with Gasteiger partial charge < -0.3 is 0 Å². The fourth-order valence-electron chi connectivity index (χ4n) is 2.69. The summed E-state index contributed by atoms with van der Waals surface area (Å²) in [7, 11) is 0. The molecule has 2 aromatic carbocycles. The van der Waals surface area contributed by atoms with Gasteiger partial charge in [-0.3, -0.25) is 4.79 Å². The minimum atomic E-state index is 0.108. The second-order valence-electron chi connectivity index (χ2n) is 4.69. The monoisotopic (exact) mass is 256 g/mol. The molecule has 0 N–H and O–H groups in total. The molecule has 18 heavy (non-hydrogen) atoms. The van der Waals surface area contributed by atoms with Crippen LogP contribution < -0.4 is 0 Å². The van der Waals surface area contributed by atoms with Crippen LogP contribution in [-0.2, 0) is 11.2 Å². The second kappa shape index (κ2) is 4.58. The molecule has 0 amide bonds. The molecule has 0 bridgehead atoms. The molecule has 1 aliphatic rings. The van der Waals surface area contributed by atoms with E-state index in [0.29, 0.717) is 18.6 Å². The van der Waals surface area contributed by atoms with E-state index < -0.39 is 0 Å². The average Bonchev–Trinajstić information content (AvgIpc) is 2.38. The minimum absolute atomic E-state index is 0.108. The molecule has 0 saturated carbocycles. The van der Waals surface area contributed by atoms with Crippen molar-refractivity contribution in [1.82, 2.24) is 0 Å². The molecule has 0 radical (unpaired) electrons. The van der Waals surface area contributed by atoms with Crippen LogP contribution in [0.4, 0.5) is 0 Å². The van der Waals surface area contributed by atoms with Crippen LogP contribution in [0, 0.1) is 0 Å². The number of ketones is 1. The third-order valence-corrected chi connectivity index (χ3v) is 3.87. The van der Waals surface area contributed by atoms with Crippen LogP contribution in [0.2, 0.25) is 5.02 Å². The van der Waals surface area contributed by atoms with Gasteiger partial charge in [0.1, 0.15) is 5.78 Å². The van der Waals surface area contributed by atoms with Crippen LogP contribution in [0.1, 0.15) is 29.0 Å². The van der Waals surface area contributed by atoms with Gasteiger partial charge in [-0.1, -0.05) is 54.1 Å². The lowest BCUT2D eigenvalue weighted by atomic mass is 9.78. The maximum atomic E-state index is 11.9. The van der Waals surface area contributed by atoms with Crippen LogP contribution in [0.3, 0.4) is 0 Å². The van der Waals surface area contributed by atoms with E-state index >= 15 is 0 Å². The van der Waals surface area contributed by atoms with E-state index in [0.717, 1.165) is 16.1 Å². The van der Waals surface area contributed by atoms with Gasteiger partial charge in [-0.15, -0.1) is 0 Å². The summed E-state index contributed by atoms with van der Waals surface area (Å²) >= 11 is 6.26. The normalized spacial score (nSPS) is 18.5. The van der Waals surface area contributed by atoms with E-state index in [1.54, 1.807) is 0 Å². The van der Waals surface area contributed by atoms with Crippen LogP contribution in [-0.4, -0.2) is 5.78 Å². The Morgan fingerprint density at radius 1 is 0.944 bits per heavy atom. The zero-order valence-corrected chi connectivity index (χ0v) is 10.7.